The zero-order chi connectivity index (χ0) is 15.8. The first kappa shape index (κ1) is 15.4. The van der Waals surface area contributed by atoms with E-state index in [1.807, 2.05) is 24.5 Å². The molecule has 21 heavy (non-hydrogen) atoms. The van der Waals surface area contributed by atoms with Crippen LogP contribution in [0.4, 0.5) is 8.78 Å². The van der Waals surface area contributed by atoms with Crippen LogP contribution in [0, 0.1) is 13.8 Å². The smallest absolute Gasteiger partial charge is 0.270 e. The summed E-state index contributed by atoms with van der Waals surface area (Å²) >= 11 is 0. The fraction of sp³-hybridized carbons (Fsp3) is 0.353. The van der Waals surface area contributed by atoms with E-state index < -0.39 is 5.92 Å². The minimum atomic E-state index is -2.88. The Morgan fingerprint density at radius 1 is 1.24 bits per heavy atom. The third-order valence-corrected chi connectivity index (χ3v) is 3.77. The second kappa shape index (κ2) is 5.43. The minimum Gasteiger partial charge on any atom is -0.344 e. The van der Waals surface area contributed by atoms with E-state index in [0.29, 0.717) is 17.7 Å². The number of aryl methyl sites for hydroxylation is 1. The van der Waals surface area contributed by atoms with Crippen LogP contribution in [-0.4, -0.2) is 10.4 Å². The maximum Gasteiger partial charge on any atom is 0.270 e. The summed E-state index contributed by atoms with van der Waals surface area (Å²) in [5.41, 5.74) is 2.96. The molecule has 0 amide bonds. The summed E-state index contributed by atoms with van der Waals surface area (Å²) < 4.78 is 29.3. The van der Waals surface area contributed by atoms with Gasteiger partial charge < -0.3 is 4.57 Å². The molecule has 0 fully saturated rings. The van der Waals surface area contributed by atoms with Crippen molar-refractivity contribution in [1.29, 1.82) is 0 Å². The predicted molar refractivity (Wildman–Crippen MR) is 79.0 cm³/mol. The summed E-state index contributed by atoms with van der Waals surface area (Å²) in [4.78, 5) is 11.6. The van der Waals surface area contributed by atoms with Crippen LogP contribution in [0.2, 0.25) is 0 Å². The summed E-state index contributed by atoms with van der Waals surface area (Å²) in [5.74, 6) is -2.89. The predicted octanol–water partition coefficient (Wildman–Crippen LogP) is 4.47. The molecule has 0 atom stereocenters. The van der Waals surface area contributed by atoms with Crippen molar-refractivity contribution < 1.29 is 13.6 Å². The Balaban J connectivity index is 2.47. The molecule has 0 saturated heterocycles. The van der Waals surface area contributed by atoms with Crippen molar-refractivity contribution in [3.05, 3.63) is 58.4 Å². The normalized spacial score (nSPS) is 11.7. The molecule has 4 heteroatoms. The minimum absolute atomic E-state index is 0.0107. The average Bonchev–Trinajstić information content (AvgIpc) is 2.66. The van der Waals surface area contributed by atoms with Crippen LogP contribution in [0.5, 0.6) is 0 Å². The van der Waals surface area contributed by atoms with Gasteiger partial charge in [0.2, 0.25) is 0 Å². The van der Waals surface area contributed by atoms with Crippen LogP contribution in [0.25, 0.3) is 0 Å². The number of rotatable bonds is 4. The van der Waals surface area contributed by atoms with Gasteiger partial charge in [-0.2, -0.15) is 0 Å². The first-order valence-corrected chi connectivity index (χ1v) is 6.85. The fourth-order valence-corrected chi connectivity index (χ4v) is 2.66. The molecule has 1 heterocycles. The molecule has 112 valence electrons. The largest absolute Gasteiger partial charge is 0.344 e. The molecule has 2 nitrogen and oxygen atoms in total. The molecule has 0 spiro atoms. The number of carbonyl (C=O) groups is 1. The highest BCUT2D eigenvalue weighted by Gasteiger charge is 2.27. The molecule has 0 aliphatic heterocycles. The number of Topliss-reactive ketones (excluding diaryl/α,β-unsaturated/α-hetero) is 1. The third-order valence-electron chi connectivity index (χ3n) is 3.77. The third kappa shape index (κ3) is 3.04. The Kier molecular flexibility index (Phi) is 3.99. The number of aromatic nitrogens is 1. The maximum absolute atomic E-state index is 13.7. The molecule has 0 saturated carbocycles. The number of ketones is 1. The number of nitrogens with zero attached hydrogens (tertiary/aromatic N) is 1. The maximum atomic E-state index is 13.7. The molecular weight excluding hydrogens is 272 g/mol. The van der Waals surface area contributed by atoms with E-state index in [4.69, 9.17) is 0 Å². The standard InChI is InChI=1S/C17H19F2NO/c1-11-9-15(13(3)21)12(2)20(11)10-14-7-5-6-8-16(14)17(4,18)19/h5-9H,10H2,1-4H3. The molecule has 2 aromatic rings. The van der Waals surface area contributed by atoms with Gasteiger partial charge in [-0.15, -0.1) is 0 Å². The summed E-state index contributed by atoms with van der Waals surface area (Å²) in [7, 11) is 0. The van der Waals surface area contributed by atoms with E-state index in [1.54, 1.807) is 18.2 Å². The van der Waals surface area contributed by atoms with E-state index >= 15 is 0 Å². The molecule has 1 aromatic carbocycles. The molecule has 0 aliphatic rings. The molecule has 0 aliphatic carbocycles. The van der Waals surface area contributed by atoms with Gasteiger partial charge in [-0.1, -0.05) is 24.3 Å². The molecule has 0 radical (unpaired) electrons. The lowest BCUT2D eigenvalue weighted by Crippen LogP contribution is -2.14. The molecular formula is C17H19F2NO. The van der Waals surface area contributed by atoms with Gasteiger partial charge in [0.05, 0.1) is 0 Å². The fourth-order valence-electron chi connectivity index (χ4n) is 2.66. The zero-order valence-electron chi connectivity index (χ0n) is 12.7. The Bertz CT molecular complexity index is 681. The number of carbonyl (C=O) groups excluding carboxylic acids is 1. The Morgan fingerprint density at radius 3 is 2.38 bits per heavy atom. The van der Waals surface area contributed by atoms with Gasteiger partial charge in [-0.25, -0.2) is 8.78 Å². The van der Waals surface area contributed by atoms with Crippen molar-refractivity contribution in [3.63, 3.8) is 0 Å². The first-order valence-electron chi connectivity index (χ1n) is 6.85. The Morgan fingerprint density at radius 2 is 1.86 bits per heavy atom. The number of halogens is 2. The number of hydrogen-bond donors (Lipinski definition) is 0. The monoisotopic (exact) mass is 291 g/mol. The number of hydrogen-bond acceptors (Lipinski definition) is 1. The van der Waals surface area contributed by atoms with Gasteiger partial charge in [0.1, 0.15) is 0 Å². The van der Waals surface area contributed by atoms with Gasteiger partial charge in [0, 0.05) is 36.0 Å². The van der Waals surface area contributed by atoms with Crippen molar-refractivity contribution in [3.8, 4) is 0 Å². The molecule has 2 rings (SSSR count). The van der Waals surface area contributed by atoms with Crippen molar-refractivity contribution in [2.75, 3.05) is 0 Å². The van der Waals surface area contributed by atoms with Crippen LogP contribution in [0.15, 0.2) is 30.3 Å². The highest BCUT2D eigenvalue weighted by Crippen LogP contribution is 2.31. The van der Waals surface area contributed by atoms with Gasteiger partial charge in [-0.05, 0) is 32.4 Å². The quantitative estimate of drug-likeness (QED) is 0.762. The number of alkyl halides is 2. The van der Waals surface area contributed by atoms with E-state index in [0.717, 1.165) is 18.3 Å². The first-order chi connectivity index (χ1) is 9.71. The lowest BCUT2D eigenvalue weighted by molar-refractivity contribution is 0.0164. The topological polar surface area (TPSA) is 22.0 Å². The lowest BCUT2D eigenvalue weighted by Gasteiger charge is -2.18. The lowest BCUT2D eigenvalue weighted by atomic mass is 10.0. The van der Waals surface area contributed by atoms with Gasteiger partial charge in [0.15, 0.2) is 5.78 Å². The molecule has 0 N–H and O–H groups in total. The Hall–Kier alpha value is -1.97. The summed E-state index contributed by atoms with van der Waals surface area (Å²) in [6, 6.07) is 8.34. The van der Waals surface area contributed by atoms with E-state index in [1.165, 1.54) is 13.0 Å². The summed E-state index contributed by atoms with van der Waals surface area (Å²) in [6.45, 7) is 6.48. The van der Waals surface area contributed by atoms with Crippen LogP contribution in [-0.2, 0) is 12.5 Å². The van der Waals surface area contributed by atoms with Gasteiger partial charge >= 0.3 is 0 Å². The average molecular weight is 291 g/mol. The molecule has 1 aromatic heterocycles. The highest BCUT2D eigenvalue weighted by atomic mass is 19.3. The van der Waals surface area contributed by atoms with Crippen molar-refractivity contribution >= 4 is 5.78 Å². The number of benzene rings is 1. The van der Waals surface area contributed by atoms with Gasteiger partial charge in [-0.3, -0.25) is 4.79 Å². The van der Waals surface area contributed by atoms with Crippen LogP contribution < -0.4 is 0 Å². The van der Waals surface area contributed by atoms with Crippen LogP contribution >= 0.6 is 0 Å². The zero-order valence-corrected chi connectivity index (χ0v) is 12.7. The summed E-state index contributed by atoms with van der Waals surface area (Å²) in [6.07, 6.45) is 0. The van der Waals surface area contributed by atoms with Crippen LogP contribution in [0.3, 0.4) is 0 Å². The second-order valence-electron chi connectivity index (χ2n) is 5.47. The SMILES string of the molecule is CC(=O)c1cc(C)n(Cc2ccccc2C(C)(F)F)c1C. The van der Waals surface area contributed by atoms with Crippen LogP contribution in [0.1, 0.15) is 46.7 Å². The summed E-state index contributed by atoms with van der Waals surface area (Å²) in [5, 5.41) is 0. The van der Waals surface area contributed by atoms with Crippen molar-refractivity contribution in [2.24, 2.45) is 0 Å². The highest BCUT2D eigenvalue weighted by molar-refractivity contribution is 5.95. The van der Waals surface area contributed by atoms with Crippen molar-refractivity contribution in [2.45, 2.75) is 40.2 Å². The molecule has 0 bridgehead atoms. The van der Waals surface area contributed by atoms with E-state index in [2.05, 4.69) is 0 Å². The molecule has 0 unspecified atom stereocenters. The Labute approximate surface area is 123 Å². The van der Waals surface area contributed by atoms with Crippen molar-refractivity contribution in [1.82, 2.24) is 4.57 Å². The van der Waals surface area contributed by atoms with E-state index in [-0.39, 0.29) is 11.3 Å². The van der Waals surface area contributed by atoms with Gasteiger partial charge in [0.25, 0.3) is 5.92 Å². The van der Waals surface area contributed by atoms with E-state index in [9.17, 15) is 13.6 Å². The second-order valence-corrected chi connectivity index (χ2v) is 5.47.